The second kappa shape index (κ2) is 12.7. The van der Waals surface area contributed by atoms with Crippen LogP contribution in [0.4, 0.5) is 10.8 Å². The van der Waals surface area contributed by atoms with Crippen LogP contribution in [0.15, 0.2) is 24.3 Å². The van der Waals surface area contributed by atoms with Crippen LogP contribution < -0.4 is 4.90 Å². The molecular weight excluding hydrogens is 494 g/mol. The van der Waals surface area contributed by atoms with Gasteiger partial charge in [-0.05, 0) is 19.1 Å². The molecule has 1 heterocycles. The van der Waals surface area contributed by atoms with E-state index in [-0.39, 0.29) is 16.0 Å². The average molecular weight is 522 g/mol. The fourth-order valence-electron chi connectivity index (χ4n) is 3.12. The van der Waals surface area contributed by atoms with Crippen LogP contribution in [0.3, 0.4) is 0 Å². The van der Waals surface area contributed by atoms with E-state index in [1.807, 2.05) is 19.1 Å². The zero-order valence-corrected chi connectivity index (χ0v) is 21.5. The van der Waals surface area contributed by atoms with Gasteiger partial charge >= 0.3 is 23.9 Å². The van der Waals surface area contributed by atoms with Crippen molar-refractivity contribution in [3.63, 3.8) is 0 Å². The number of anilines is 2. The molecule has 1 aromatic carbocycles. The number of carbonyl (C=O) groups excluding carboxylic acids is 5. The molecule has 13 heteroatoms. The number of nitrogens with zero attached hydrogens (tertiary/aromatic N) is 3. The lowest BCUT2D eigenvalue weighted by Crippen LogP contribution is -2.43. The van der Waals surface area contributed by atoms with Crippen LogP contribution in [0.5, 0.6) is 0 Å². The van der Waals surface area contributed by atoms with E-state index in [1.165, 1.54) is 11.8 Å². The van der Waals surface area contributed by atoms with Gasteiger partial charge in [0.05, 0.1) is 5.69 Å². The van der Waals surface area contributed by atoms with Gasteiger partial charge in [0.1, 0.15) is 6.61 Å². The Morgan fingerprint density at radius 3 is 1.92 bits per heavy atom. The van der Waals surface area contributed by atoms with Gasteiger partial charge in [-0.3, -0.25) is 28.9 Å². The van der Waals surface area contributed by atoms with Crippen molar-refractivity contribution in [1.29, 1.82) is 0 Å². The zero-order valence-electron chi connectivity index (χ0n) is 20.7. The normalized spacial score (nSPS) is 13.1. The topological polar surface area (TPSA) is 151 Å². The summed E-state index contributed by atoms with van der Waals surface area (Å²) < 4.78 is 20.9. The number of ether oxygens (including phenoxy) is 4. The highest BCUT2D eigenvalue weighted by atomic mass is 32.1. The average Bonchev–Trinajstić information content (AvgIpc) is 3.23. The molecule has 1 aromatic heterocycles. The van der Waals surface area contributed by atoms with Gasteiger partial charge in [-0.25, -0.2) is 0 Å². The Morgan fingerprint density at radius 2 is 1.42 bits per heavy atom. The van der Waals surface area contributed by atoms with Crippen LogP contribution >= 0.6 is 11.3 Å². The molecule has 2 aromatic rings. The maximum atomic E-state index is 12.4. The molecule has 0 spiro atoms. The van der Waals surface area contributed by atoms with Gasteiger partial charge in [0.2, 0.25) is 11.0 Å². The smallest absolute Gasteiger partial charge is 0.303 e. The van der Waals surface area contributed by atoms with Crippen molar-refractivity contribution in [2.24, 2.45) is 0 Å². The maximum absolute atomic E-state index is 12.4. The highest BCUT2D eigenvalue weighted by Gasteiger charge is 2.41. The molecule has 0 saturated heterocycles. The number of hydrogen-bond donors (Lipinski definition) is 0. The largest absolute Gasteiger partial charge is 0.462 e. The minimum Gasteiger partial charge on any atom is -0.462 e. The van der Waals surface area contributed by atoms with Crippen LogP contribution in [0.1, 0.15) is 51.3 Å². The number of aryl methyl sites for hydroxylation is 1. The molecule has 2 rings (SSSR count). The molecule has 0 aliphatic heterocycles. The van der Waals surface area contributed by atoms with Gasteiger partial charge in [-0.1, -0.05) is 29.0 Å². The summed E-state index contributed by atoms with van der Waals surface area (Å²) in [5.41, 5.74) is 1.52. The molecule has 0 aliphatic carbocycles. The third-order valence-corrected chi connectivity index (χ3v) is 5.47. The maximum Gasteiger partial charge on any atom is 0.303 e. The molecule has 3 unspecified atom stereocenters. The molecule has 36 heavy (non-hydrogen) atoms. The molecule has 0 saturated carbocycles. The van der Waals surface area contributed by atoms with E-state index in [0.717, 1.165) is 44.6 Å². The SMILES string of the molecule is CC(=O)OCC(OC(C)=O)C(OC(C)=O)C(OC(C)=O)c1nnc(N(C(C)=O)c2ccc(C)cc2)s1. The lowest BCUT2D eigenvalue weighted by Gasteiger charge is -2.30. The summed E-state index contributed by atoms with van der Waals surface area (Å²) in [7, 11) is 0. The van der Waals surface area contributed by atoms with Crippen molar-refractivity contribution >= 4 is 51.9 Å². The van der Waals surface area contributed by atoms with Crippen LogP contribution in [0, 0.1) is 6.92 Å². The van der Waals surface area contributed by atoms with E-state index in [1.54, 1.807) is 12.1 Å². The molecule has 3 atom stereocenters. The summed E-state index contributed by atoms with van der Waals surface area (Å²) in [6.07, 6.45) is -4.18. The fourth-order valence-corrected chi connectivity index (χ4v) is 4.10. The molecule has 1 amide bonds. The summed E-state index contributed by atoms with van der Waals surface area (Å²) in [6, 6.07) is 7.12. The first-order valence-corrected chi connectivity index (χ1v) is 11.6. The Bertz CT molecular complexity index is 1120. The number of aromatic nitrogens is 2. The zero-order chi connectivity index (χ0) is 27.0. The van der Waals surface area contributed by atoms with Gasteiger partial charge in [0.15, 0.2) is 23.3 Å². The minimum atomic E-state index is -1.44. The van der Waals surface area contributed by atoms with E-state index in [9.17, 15) is 24.0 Å². The molecule has 0 fully saturated rings. The van der Waals surface area contributed by atoms with Crippen molar-refractivity contribution in [1.82, 2.24) is 10.2 Å². The Labute approximate surface area is 211 Å². The lowest BCUT2D eigenvalue weighted by atomic mass is 10.1. The van der Waals surface area contributed by atoms with Gasteiger partial charge in [0.25, 0.3) is 0 Å². The van der Waals surface area contributed by atoms with Crippen molar-refractivity contribution in [2.45, 2.75) is 59.9 Å². The Morgan fingerprint density at radius 1 is 0.833 bits per heavy atom. The van der Waals surface area contributed by atoms with Gasteiger partial charge < -0.3 is 18.9 Å². The highest BCUT2D eigenvalue weighted by Crippen LogP contribution is 2.35. The standard InChI is InChI=1S/C23H27N3O9S/c1-12-7-9-18(10-8-12)26(13(2)27)23-25-24-22(36-23)21(35-17(6)31)20(34-16(5)30)19(33-15(4)29)11-32-14(3)28/h7-10,19-21H,11H2,1-6H3. The monoisotopic (exact) mass is 521 g/mol. The highest BCUT2D eigenvalue weighted by molar-refractivity contribution is 7.15. The van der Waals surface area contributed by atoms with E-state index < -0.39 is 48.8 Å². The van der Waals surface area contributed by atoms with Crippen molar-refractivity contribution < 1.29 is 42.9 Å². The molecule has 12 nitrogen and oxygen atoms in total. The predicted octanol–water partition coefficient (Wildman–Crippen LogP) is 2.56. The van der Waals surface area contributed by atoms with Crippen molar-refractivity contribution in [2.75, 3.05) is 11.5 Å². The van der Waals surface area contributed by atoms with Gasteiger partial charge in [-0.2, -0.15) is 0 Å². The molecule has 0 bridgehead atoms. The molecule has 0 aliphatic rings. The number of benzene rings is 1. The van der Waals surface area contributed by atoms with E-state index in [2.05, 4.69) is 10.2 Å². The number of amides is 1. The minimum absolute atomic E-state index is 0.0461. The first kappa shape index (κ1) is 28.4. The van der Waals surface area contributed by atoms with E-state index in [0.29, 0.717) is 5.69 Å². The third-order valence-electron chi connectivity index (χ3n) is 4.50. The Balaban J connectivity index is 2.54. The van der Waals surface area contributed by atoms with Crippen molar-refractivity contribution in [3.8, 4) is 0 Å². The van der Waals surface area contributed by atoms with Crippen LogP contribution in [0.25, 0.3) is 0 Å². The first-order chi connectivity index (χ1) is 16.9. The number of hydrogen-bond acceptors (Lipinski definition) is 12. The third kappa shape index (κ3) is 8.12. The first-order valence-electron chi connectivity index (χ1n) is 10.7. The van der Waals surface area contributed by atoms with E-state index in [4.69, 9.17) is 18.9 Å². The Kier molecular flexibility index (Phi) is 10.0. The second-order valence-corrected chi connectivity index (χ2v) is 8.65. The van der Waals surface area contributed by atoms with Gasteiger partial charge in [0, 0.05) is 34.6 Å². The van der Waals surface area contributed by atoms with Crippen molar-refractivity contribution in [3.05, 3.63) is 34.8 Å². The van der Waals surface area contributed by atoms with Crippen LogP contribution in [-0.4, -0.2) is 58.8 Å². The second-order valence-electron chi connectivity index (χ2n) is 7.67. The van der Waals surface area contributed by atoms with Crippen LogP contribution in [0.2, 0.25) is 0 Å². The molecule has 0 N–H and O–H groups in total. The summed E-state index contributed by atoms with van der Waals surface area (Å²) in [5, 5.41) is 8.33. The molecule has 194 valence electrons. The number of esters is 4. The fraction of sp³-hybridized carbons (Fsp3) is 0.435. The van der Waals surface area contributed by atoms with E-state index >= 15 is 0 Å². The number of carbonyl (C=O) groups is 5. The molecular formula is C23H27N3O9S. The van der Waals surface area contributed by atoms with Gasteiger partial charge in [-0.15, -0.1) is 10.2 Å². The number of rotatable bonds is 10. The summed E-state index contributed by atoms with van der Waals surface area (Å²) >= 11 is 0.901. The predicted molar refractivity (Wildman–Crippen MR) is 126 cm³/mol. The van der Waals surface area contributed by atoms with Crippen LogP contribution in [-0.2, 0) is 42.9 Å². The lowest BCUT2D eigenvalue weighted by molar-refractivity contribution is -0.190. The summed E-state index contributed by atoms with van der Waals surface area (Å²) in [4.78, 5) is 60.8. The molecule has 0 radical (unpaired) electrons. The summed E-state index contributed by atoms with van der Waals surface area (Å²) in [6.45, 7) is 7.26. The quantitative estimate of drug-likeness (QED) is 0.335. The Hall–Kier alpha value is -3.87. The summed E-state index contributed by atoms with van der Waals surface area (Å²) in [5.74, 6) is -3.33.